The number of esters is 1. The van der Waals surface area contributed by atoms with Crippen LogP contribution in [0.5, 0.6) is 0 Å². The van der Waals surface area contributed by atoms with Gasteiger partial charge in [0.1, 0.15) is 10.6 Å². The molecule has 2 aromatic heterocycles. The fraction of sp³-hybridized carbons (Fsp3) is 0.174. The molecule has 4 rings (SSSR count). The number of hydrogen-bond donors (Lipinski definition) is 1. The number of hydrogen-bond acceptors (Lipinski definition) is 6. The first-order valence-electron chi connectivity index (χ1n) is 9.51. The van der Waals surface area contributed by atoms with Gasteiger partial charge in [0.05, 0.1) is 28.1 Å². The number of rotatable bonds is 5. The summed E-state index contributed by atoms with van der Waals surface area (Å²) in [5.74, 6) is 0.961. The van der Waals surface area contributed by atoms with Crippen LogP contribution in [0, 0.1) is 13.8 Å². The largest absolute Gasteiger partial charge is 0.465 e. The van der Waals surface area contributed by atoms with Crippen LogP contribution in [-0.2, 0) is 11.3 Å². The molecule has 2 heterocycles. The monoisotopic (exact) mass is 471 g/mol. The molecule has 0 saturated carbocycles. The van der Waals surface area contributed by atoms with Gasteiger partial charge in [-0.3, -0.25) is 0 Å². The second kappa shape index (κ2) is 8.83. The molecule has 0 aliphatic rings. The maximum Gasteiger partial charge on any atom is 0.337 e. The Morgan fingerprint density at radius 3 is 2.48 bits per heavy atom. The average molecular weight is 472 g/mol. The summed E-state index contributed by atoms with van der Waals surface area (Å²) in [5.41, 5.74) is 3.45. The number of thiophene rings is 1. The molecule has 0 aliphatic heterocycles. The Labute approximate surface area is 194 Å². The lowest BCUT2D eigenvalue weighted by Crippen LogP contribution is -2.04. The first kappa shape index (κ1) is 21.6. The first-order valence-corrected chi connectivity index (χ1v) is 11.1. The molecule has 0 radical (unpaired) electrons. The summed E-state index contributed by atoms with van der Waals surface area (Å²) in [7, 11) is 1.36. The van der Waals surface area contributed by atoms with Gasteiger partial charge in [-0.1, -0.05) is 41.4 Å². The number of halogens is 2. The van der Waals surface area contributed by atoms with Crippen LogP contribution in [-0.4, -0.2) is 23.0 Å². The van der Waals surface area contributed by atoms with Gasteiger partial charge in [-0.05, 0) is 49.2 Å². The second-order valence-corrected chi connectivity index (χ2v) is 9.05. The van der Waals surface area contributed by atoms with E-state index in [-0.39, 0.29) is 5.97 Å². The zero-order valence-corrected chi connectivity index (χ0v) is 19.5. The molecule has 4 aromatic rings. The number of nitrogens with zero attached hydrogens (tertiary/aromatic N) is 2. The summed E-state index contributed by atoms with van der Waals surface area (Å²) < 4.78 is 4.77. The minimum atomic E-state index is -0.378. The Morgan fingerprint density at radius 2 is 1.81 bits per heavy atom. The van der Waals surface area contributed by atoms with E-state index >= 15 is 0 Å². The highest BCUT2D eigenvalue weighted by molar-refractivity contribution is 7.18. The number of aromatic nitrogens is 2. The van der Waals surface area contributed by atoms with E-state index in [1.54, 1.807) is 29.5 Å². The van der Waals surface area contributed by atoms with Crippen LogP contribution in [0.2, 0.25) is 10.0 Å². The molecule has 0 atom stereocenters. The van der Waals surface area contributed by atoms with Crippen LogP contribution < -0.4 is 5.32 Å². The highest BCUT2D eigenvalue weighted by atomic mass is 35.5. The van der Waals surface area contributed by atoms with Crippen LogP contribution in [0.25, 0.3) is 21.6 Å². The molecule has 5 nitrogen and oxygen atoms in total. The SMILES string of the molecule is COC(=O)c1ccc(-c2nc(NCc3ccc(Cl)c(Cl)c3)c3c(C)c(C)sc3n2)cc1. The van der Waals surface area contributed by atoms with E-state index in [4.69, 9.17) is 37.9 Å². The lowest BCUT2D eigenvalue weighted by atomic mass is 10.1. The number of fused-ring (bicyclic) bond motifs is 1. The Hall–Kier alpha value is -2.67. The minimum absolute atomic E-state index is 0.378. The van der Waals surface area contributed by atoms with Gasteiger partial charge >= 0.3 is 5.97 Å². The van der Waals surface area contributed by atoms with Crippen molar-refractivity contribution in [2.24, 2.45) is 0 Å². The van der Waals surface area contributed by atoms with Crippen molar-refractivity contribution in [3.8, 4) is 11.4 Å². The van der Waals surface area contributed by atoms with E-state index in [9.17, 15) is 4.79 Å². The van der Waals surface area contributed by atoms with Crippen LogP contribution in [0.1, 0.15) is 26.4 Å². The van der Waals surface area contributed by atoms with Crippen molar-refractivity contribution in [1.29, 1.82) is 0 Å². The van der Waals surface area contributed by atoms with E-state index < -0.39 is 0 Å². The predicted molar refractivity (Wildman–Crippen MR) is 127 cm³/mol. The summed E-state index contributed by atoms with van der Waals surface area (Å²) >= 11 is 13.8. The molecule has 0 amide bonds. The molecule has 8 heteroatoms. The molecular formula is C23H19Cl2N3O2S. The average Bonchev–Trinajstić information content (AvgIpc) is 3.07. The van der Waals surface area contributed by atoms with Crippen LogP contribution in [0.3, 0.4) is 0 Å². The number of ether oxygens (including phenoxy) is 1. The van der Waals surface area contributed by atoms with Gasteiger partial charge < -0.3 is 10.1 Å². The molecule has 158 valence electrons. The van der Waals surface area contributed by atoms with Gasteiger partial charge in [0, 0.05) is 17.0 Å². The van der Waals surface area contributed by atoms with Crippen molar-refractivity contribution in [2.45, 2.75) is 20.4 Å². The predicted octanol–water partition coefficient (Wildman–Crippen LogP) is 6.68. The van der Waals surface area contributed by atoms with E-state index in [1.165, 1.54) is 12.0 Å². The fourth-order valence-electron chi connectivity index (χ4n) is 3.22. The molecule has 0 aliphatic carbocycles. The third kappa shape index (κ3) is 4.37. The van der Waals surface area contributed by atoms with Crippen molar-refractivity contribution in [3.63, 3.8) is 0 Å². The molecular weight excluding hydrogens is 453 g/mol. The summed E-state index contributed by atoms with van der Waals surface area (Å²) in [4.78, 5) is 23.4. The number of carbonyl (C=O) groups is 1. The van der Waals surface area contributed by atoms with Crippen molar-refractivity contribution >= 4 is 56.5 Å². The zero-order chi connectivity index (χ0) is 22.1. The molecule has 0 fully saturated rings. The Morgan fingerprint density at radius 1 is 1.06 bits per heavy atom. The number of aryl methyl sites for hydroxylation is 2. The number of benzene rings is 2. The number of anilines is 1. The van der Waals surface area contributed by atoms with Gasteiger partial charge in [0.2, 0.25) is 0 Å². The summed E-state index contributed by atoms with van der Waals surface area (Å²) in [5, 5.41) is 5.49. The first-order chi connectivity index (χ1) is 14.9. The maximum absolute atomic E-state index is 11.7. The number of methoxy groups -OCH3 is 1. The smallest absolute Gasteiger partial charge is 0.337 e. The highest BCUT2D eigenvalue weighted by Crippen LogP contribution is 2.35. The quantitative estimate of drug-likeness (QED) is 0.328. The van der Waals surface area contributed by atoms with Crippen LogP contribution >= 0.6 is 34.5 Å². The third-order valence-electron chi connectivity index (χ3n) is 5.04. The summed E-state index contributed by atoms with van der Waals surface area (Å²) in [6, 6.07) is 12.6. The summed E-state index contributed by atoms with van der Waals surface area (Å²) in [6.45, 7) is 4.69. The molecule has 0 spiro atoms. The minimum Gasteiger partial charge on any atom is -0.465 e. The molecule has 0 unspecified atom stereocenters. The van der Waals surface area contributed by atoms with Gasteiger partial charge in [-0.2, -0.15) is 0 Å². The normalized spacial score (nSPS) is 11.0. The lowest BCUT2D eigenvalue weighted by Gasteiger charge is -2.11. The van der Waals surface area contributed by atoms with Gasteiger partial charge in [-0.15, -0.1) is 11.3 Å². The van der Waals surface area contributed by atoms with Crippen molar-refractivity contribution in [1.82, 2.24) is 9.97 Å². The van der Waals surface area contributed by atoms with E-state index in [0.717, 1.165) is 32.7 Å². The molecule has 0 bridgehead atoms. The van der Waals surface area contributed by atoms with E-state index in [2.05, 4.69) is 19.2 Å². The number of carbonyl (C=O) groups excluding carboxylic acids is 1. The van der Waals surface area contributed by atoms with Gasteiger partial charge in [-0.25, -0.2) is 14.8 Å². The van der Waals surface area contributed by atoms with Crippen molar-refractivity contribution < 1.29 is 9.53 Å². The van der Waals surface area contributed by atoms with Gasteiger partial charge in [0.25, 0.3) is 0 Å². The highest BCUT2D eigenvalue weighted by Gasteiger charge is 2.16. The Kier molecular flexibility index (Phi) is 6.14. The summed E-state index contributed by atoms with van der Waals surface area (Å²) in [6.07, 6.45) is 0. The topological polar surface area (TPSA) is 64.1 Å². The van der Waals surface area contributed by atoms with Crippen LogP contribution in [0.15, 0.2) is 42.5 Å². The van der Waals surface area contributed by atoms with E-state index in [0.29, 0.717) is 28.0 Å². The number of nitrogens with one attached hydrogen (secondary N) is 1. The lowest BCUT2D eigenvalue weighted by molar-refractivity contribution is 0.0601. The second-order valence-electron chi connectivity index (χ2n) is 7.03. The molecule has 2 aromatic carbocycles. The molecule has 0 saturated heterocycles. The van der Waals surface area contributed by atoms with Crippen molar-refractivity contribution in [3.05, 3.63) is 74.1 Å². The van der Waals surface area contributed by atoms with Gasteiger partial charge in [0.15, 0.2) is 5.82 Å². The standard InChI is InChI=1S/C23H19Cl2N3O2S/c1-12-13(2)31-22-19(12)21(26-11-14-4-9-17(24)18(25)10-14)27-20(28-22)15-5-7-16(8-6-15)23(29)30-3/h4-10H,11H2,1-3H3,(H,26,27,28). The molecule has 31 heavy (non-hydrogen) atoms. The van der Waals surface area contributed by atoms with Crippen molar-refractivity contribution in [2.75, 3.05) is 12.4 Å². The Balaban J connectivity index is 1.73. The maximum atomic E-state index is 11.7. The Bertz CT molecular complexity index is 1290. The fourth-order valence-corrected chi connectivity index (χ4v) is 4.57. The van der Waals surface area contributed by atoms with Crippen LogP contribution in [0.4, 0.5) is 5.82 Å². The zero-order valence-electron chi connectivity index (χ0n) is 17.1. The van der Waals surface area contributed by atoms with E-state index in [1.807, 2.05) is 24.3 Å². The third-order valence-corrected chi connectivity index (χ3v) is 6.88. The molecule has 1 N–H and O–H groups in total.